The third kappa shape index (κ3) is 8.93. The molecular weight excluding hydrogens is 224 g/mol. The van der Waals surface area contributed by atoms with E-state index in [0.717, 1.165) is 19.6 Å². The summed E-state index contributed by atoms with van der Waals surface area (Å²) in [6.07, 6.45) is 2.49. The number of rotatable bonds is 9. The molecule has 0 heterocycles. The normalized spacial score (nSPS) is 15.2. The Morgan fingerprint density at radius 2 is 1.56 bits per heavy atom. The second kappa shape index (κ2) is 7.49. The lowest BCUT2D eigenvalue weighted by atomic mass is 9.82. The van der Waals surface area contributed by atoms with Crippen molar-refractivity contribution in [3.05, 3.63) is 0 Å². The van der Waals surface area contributed by atoms with Crippen LogP contribution in [0.1, 0.15) is 68.2 Å². The van der Waals surface area contributed by atoms with Gasteiger partial charge in [0.1, 0.15) is 0 Å². The number of hydrogen-bond acceptors (Lipinski definition) is 2. The van der Waals surface area contributed by atoms with E-state index < -0.39 is 0 Å². The molecule has 0 radical (unpaired) electrons. The molecule has 0 aliphatic heterocycles. The van der Waals surface area contributed by atoms with Gasteiger partial charge in [-0.05, 0) is 45.4 Å². The van der Waals surface area contributed by atoms with Crippen LogP contribution >= 0.6 is 0 Å². The van der Waals surface area contributed by atoms with Crippen molar-refractivity contribution in [1.29, 1.82) is 0 Å². The van der Waals surface area contributed by atoms with Crippen LogP contribution in [0.5, 0.6) is 0 Å². The van der Waals surface area contributed by atoms with Crippen molar-refractivity contribution in [3.63, 3.8) is 0 Å². The van der Waals surface area contributed by atoms with Crippen LogP contribution in [0, 0.1) is 11.3 Å². The van der Waals surface area contributed by atoms with Crippen LogP contribution in [0.25, 0.3) is 0 Å². The molecule has 0 spiro atoms. The molecule has 110 valence electrons. The Balaban J connectivity index is 4.19. The maximum absolute atomic E-state index is 6.07. The summed E-state index contributed by atoms with van der Waals surface area (Å²) >= 11 is 0. The first-order valence-electron chi connectivity index (χ1n) is 7.33. The highest BCUT2D eigenvalue weighted by atomic mass is 16.5. The van der Waals surface area contributed by atoms with Gasteiger partial charge < -0.3 is 9.47 Å². The summed E-state index contributed by atoms with van der Waals surface area (Å²) in [5, 5.41) is 0. The maximum atomic E-state index is 6.07. The highest BCUT2D eigenvalue weighted by molar-refractivity contribution is 4.80. The van der Waals surface area contributed by atoms with Gasteiger partial charge in [0.2, 0.25) is 0 Å². The Hall–Kier alpha value is -0.0800. The quantitative estimate of drug-likeness (QED) is 0.598. The summed E-state index contributed by atoms with van der Waals surface area (Å²) in [5.41, 5.74) is 0.0799. The lowest BCUT2D eigenvalue weighted by Gasteiger charge is -2.36. The first-order chi connectivity index (χ1) is 8.08. The Kier molecular flexibility index (Phi) is 7.46. The Bertz CT molecular complexity index is 219. The Morgan fingerprint density at radius 3 is 2.00 bits per heavy atom. The second-order valence-electron chi connectivity index (χ2n) is 7.28. The fraction of sp³-hybridized carbons (Fsp3) is 1.00. The molecule has 0 rings (SSSR count). The predicted octanol–water partition coefficient (Wildman–Crippen LogP) is 4.67. The van der Waals surface area contributed by atoms with Gasteiger partial charge in [0.15, 0.2) is 0 Å². The fourth-order valence-corrected chi connectivity index (χ4v) is 2.13. The van der Waals surface area contributed by atoms with E-state index in [9.17, 15) is 0 Å². The van der Waals surface area contributed by atoms with E-state index in [1.165, 1.54) is 6.42 Å². The first kappa shape index (κ1) is 17.9. The van der Waals surface area contributed by atoms with Crippen molar-refractivity contribution < 1.29 is 9.47 Å². The molecule has 0 aromatic rings. The van der Waals surface area contributed by atoms with E-state index in [-0.39, 0.29) is 11.0 Å². The minimum Gasteiger partial charge on any atom is -0.378 e. The molecule has 0 N–H and O–H groups in total. The minimum absolute atomic E-state index is 0.0761. The summed E-state index contributed by atoms with van der Waals surface area (Å²) < 4.78 is 11.8. The van der Waals surface area contributed by atoms with Gasteiger partial charge in [-0.2, -0.15) is 0 Å². The lowest BCUT2D eigenvalue weighted by Crippen LogP contribution is -2.35. The maximum Gasteiger partial charge on any atom is 0.0632 e. The molecule has 0 amide bonds. The number of ether oxygens (including phenoxy) is 2. The fourth-order valence-electron chi connectivity index (χ4n) is 2.13. The molecular formula is C16H34O2. The van der Waals surface area contributed by atoms with Crippen LogP contribution in [-0.2, 0) is 9.47 Å². The molecule has 1 unspecified atom stereocenters. The SMILES string of the molecule is CCC(C)COC(C)(C)CC(C)(C)COC(C)C. The first-order valence-corrected chi connectivity index (χ1v) is 7.33. The smallest absolute Gasteiger partial charge is 0.0632 e. The van der Waals surface area contributed by atoms with Crippen molar-refractivity contribution in [3.8, 4) is 0 Å². The largest absolute Gasteiger partial charge is 0.378 e. The second-order valence-corrected chi connectivity index (χ2v) is 7.28. The molecule has 0 fully saturated rings. The summed E-state index contributed by atoms with van der Waals surface area (Å²) in [4.78, 5) is 0. The van der Waals surface area contributed by atoms with Crippen LogP contribution in [-0.4, -0.2) is 24.9 Å². The average Bonchev–Trinajstić information content (AvgIpc) is 2.22. The van der Waals surface area contributed by atoms with E-state index in [2.05, 4.69) is 55.4 Å². The monoisotopic (exact) mass is 258 g/mol. The Morgan fingerprint density at radius 1 is 1.00 bits per heavy atom. The summed E-state index contributed by atoms with van der Waals surface area (Å²) in [5.74, 6) is 0.638. The average molecular weight is 258 g/mol. The highest BCUT2D eigenvalue weighted by Gasteiger charge is 2.30. The van der Waals surface area contributed by atoms with E-state index >= 15 is 0 Å². The molecule has 0 aliphatic carbocycles. The number of hydrogen-bond donors (Lipinski definition) is 0. The van der Waals surface area contributed by atoms with Crippen LogP contribution in [0.4, 0.5) is 0 Å². The van der Waals surface area contributed by atoms with Crippen LogP contribution < -0.4 is 0 Å². The van der Waals surface area contributed by atoms with Gasteiger partial charge in [-0.1, -0.05) is 34.1 Å². The van der Waals surface area contributed by atoms with E-state index in [0.29, 0.717) is 12.0 Å². The molecule has 0 saturated carbocycles. The zero-order valence-electron chi connectivity index (χ0n) is 13.8. The molecule has 0 bridgehead atoms. The van der Waals surface area contributed by atoms with Gasteiger partial charge in [0.25, 0.3) is 0 Å². The molecule has 0 saturated heterocycles. The highest BCUT2D eigenvalue weighted by Crippen LogP contribution is 2.31. The summed E-state index contributed by atoms with van der Waals surface area (Å²) in [6.45, 7) is 19.1. The molecule has 18 heavy (non-hydrogen) atoms. The van der Waals surface area contributed by atoms with Crippen LogP contribution in [0.2, 0.25) is 0 Å². The molecule has 0 aromatic heterocycles. The zero-order chi connectivity index (χ0) is 14.4. The summed E-state index contributed by atoms with van der Waals surface area (Å²) in [6, 6.07) is 0. The van der Waals surface area contributed by atoms with Gasteiger partial charge in [-0.25, -0.2) is 0 Å². The van der Waals surface area contributed by atoms with E-state index in [4.69, 9.17) is 9.47 Å². The van der Waals surface area contributed by atoms with Gasteiger partial charge in [-0.15, -0.1) is 0 Å². The minimum atomic E-state index is -0.0761. The zero-order valence-corrected chi connectivity index (χ0v) is 13.8. The predicted molar refractivity (Wildman–Crippen MR) is 79.0 cm³/mol. The molecule has 0 aromatic carbocycles. The molecule has 2 nitrogen and oxygen atoms in total. The van der Waals surface area contributed by atoms with Crippen molar-refractivity contribution in [2.75, 3.05) is 13.2 Å². The van der Waals surface area contributed by atoms with E-state index in [1.807, 2.05) is 0 Å². The van der Waals surface area contributed by atoms with Crippen LogP contribution in [0.15, 0.2) is 0 Å². The summed E-state index contributed by atoms with van der Waals surface area (Å²) in [7, 11) is 0. The van der Waals surface area contributed by atoms with E-state index in [1.54, 1.807) is 0 Å². The molecule has 1 atom stereocenters. The van der Waals surface area contributed by atoms with Crippen molar-refractivity contribution in [2.45, 2.75) is 79.9 Å². The Labute approximate surface area is 114 Å². The van der Waals surface area contributed by atoms with Crippen molar-refractivity contribution in [2.24, 2.45) is 11.3 Å². The molecule has 0 aliphatic rings. The lowest BCUT2D eigenvalue weighted by molar-refractivity contribution is -0.0770. The van der Waals surface area contributed by atoms with Gasteiger partial charge in [0, 0.05) is 6.61 Å². The van der Waals surface area contributed by atoms with Crippen molar-refractivity contribution in [1.82, 2.24) is 0 Å². The third-order valence-corrected chi connectivity index (χ3v) is 3.17. The van der Waals surface area contributed by atoms with Gasteiger partial charge in [0.05, 0.1) is 18.3 Å². The standard InChI is InChI=1S/C16H34O2/c1-9-14(4)10-18-16(7,8)11-15(5,6)12-17-13(2)3/h13-14H,9-12H2,1-8H3. The van der Waals surface area contributed by atoms with Gasteiger partial charge >= 0.3 is 0 Å². The molecule has 2 heteroatoms. The van der Waals surface area contributed by atoms with Crippen molar-refractivity contribution >= 4 is 0 Å². The topological polar surface area (TPSA) is 18.5 Å². The third-order valence-electron chi connectivity index (χ3n) is 3.17. The van der Waals surface area contributed by atoms with Crippen LogP contribution in [0.3, 0.4) is 0 Å². The van der Waals surface area contributed by atoms with Gasteiger partial charge in [-0.3, -0.25) is 0 Å².